The second-order valence-corrected chi connectivity index (χ2v) is 5.01. The van der Waals surface area contributed by atoms with Gasteiger partial charge in [-0.2, -0.15) is 0 Å². The average Bonchev–Trinajstić information content (AvgIpc) is 2.41. The van der Waals surface area contributed by atoms with Crippen molar-refractivity contribution in [1.29, 1.82) is 0 Å². The summed E-state index contributed by atoms with van der Waals surface area (Å²) in [6, 6.07) is 10.2. The van der Waals surface area contributed by atoms with Gasteiger partial charge in [0, 0.05) is 23.6 Å². The molecule has 0 aliphatic heterocycles. The Morgan fingerprint density at radius 1 is 1.37 bits per heavy atom. The van der Waals surface area contributed by atoms with Gasteiger partial charge in [-0.05, 0) is 37.6 Å². The van der Waals surface area contributed by atoms with E-state index in [2.05, 4.69) is 17.2 Å². The molecule has 1 aromatic heterocycles. The largest absolute Gasteiger partial charge is 0.389 e. The van der Waals surface area contributed by atoms with E-state index in [1.807, 2.05) is 43.5 Å². The maximum absolute atomic E-state index is 5.78. The van der Waals surface area contributed by atoms with E-state index in [4.69, 9.17) is 18.0 Å². The molecule has 4 heteroatoms. The highest BCUT2D eigenvalue weighted by molar-refractivity contribution is 7.80. The summed E-state index contributed by atoms with van der Waals surface area (Å²) in [4.78, 5) is 4.54. The number of pyridine rings is 1. The highest BCUT2D eigenvalue weighted by atomic mass is 32.1. The molecule has 2 rings (SSSR count). The van der Waals surface area contributed by atoms with Crippen LogP contribution in [-0.2, 0) is 0 Å². The Kier molecular flexibility index (Phi) is 4.12. The van der Waals surface area contributed by atoms with Crippen LogP contribution < -0.4 is 11.1 Å². The van der Waals surface area contributed by atoms with Crippen LogP contribution in [0.3, 0.4) is 0 Å². The maximum Gasteiger partial charge on any atom is 0.106 e. The molecule has 3 N–H and O–H groups in total. The fourth-order valence-corrected chi connectivity index (χ4v) is 2.11. The van der Waals surface area contributed by atoms with Gasteiger partial charge < -0.3 is 11.1 Å². The number of benzene rings is 1. The monoisotopic (exact) mass is 271 g/mol. The summed E-state index contributed by atoms with van der Waals surface area (Å²) in [5.74, 6) is 0. The van der Waals surface area contributed by atoms with Gasteiger partial charge in [0.2, 0.25) is 0 Å². The number of rotatable bonds is 4. The summed E-state index contributed by atoms with van der Waals surface area (Å²) >= 11 is 5.10. The van der Waals surface area contributed by atoms with Crippen molar-refractivity contribution >= 4 is 22.9 Å². The number of nitrogens with one attached hydrogen (secondary N) is 1. The van der Waals surface area contributed by atoms with Gasteiger partial charge in [-0.3, -0.25) is 4.98 Å². The van der Waals surface area contributed by atoms with Crippen LogP contribution in [-0.4, -0.2) is 9.97 Å². The highest BCUT2D eigenvalue weighted by Crippen LogP contribution is 2.23. The van der Waals surface area contributed by atoms with Crippen molar-refractivity contribution in [2.75, 3.05) is 5.32 Å². The van der Waals surface area contributed by atoms with Crippen LogP contribution in [0.4, 0.5) is 5.69 Å². The van der Waals surface area contributed by atoms with Crippen molar-refractivity contribution in [2.45, 2.75) is 19.9 Å². The van der Waals surface area contributed by atoms with Crippen LogP contribution in [0.15, 0.2) is 42.7 Å². The van der Waals surface area contributed by atoms with Crippen molar-refractivity contribution in [2.24, 2.45) is 5.73 Å². The molecule has 0 saturated heterocycles. The molecule has 19 heavy (non-hydrogen) atoms. The van der Waals surface area contributed by atoms with Gasteiger partial charge in [0.15, 0.2) is 0 Å². The molecule has 0 amide bonds. The lowest BCUT2D eigenvalue weighted by molar-refractivity contribution is 0.875. The number of thiocarbonyl (C=S) groups is 1. The van der Waals surface area contributed by atoms with Crippen LogP contribution in [0.25, 0.3) is 0 Å². The zero-order valence-corrected chi connectivity index (χ0v) is 11.9. The van der Waals surface area contributed by atoms with Gasteiger partial charge in [-0.15, -0.1) is 0 Å². The number of hydrogen-bond acceptors (Lipinski definition) is 3. The van der Waals surface area contributed by atoms with Gasteiger partial charge >= 0.3 is 0 Å². The first-order valence-electron chi connectivity index (χ1n) is 6.15. The van der Waals surface area contributed by atoms with Gasteiger partial charge in [-0.25, -0.2) is 0 Å². The first kappa shape index (κ1) is 13.5. The smallest absolute Gasteiger partial charge is 0.106 e. The van der Waals surface area contributed by atoms with Crippen molar-refractivity contribution < 1.29 is 0 Å². The minimum atomic E-state index is 0.143. The third kappa shape index (κ3) is 3.29. The van der Waals surface area contributed by atoms with Gasteiger partial charge in [0.05, 0.1) is 6.04 Å². The van der Waals surface area contributed by atoms with E-state index < -0.39 is 0 Å². The number of nitrogens with two attached hydrogens (primary N) is 1. The van der Waals surface area contributed by atoms with E-state index in [0.717, 1.165) is 22.4 Å². The van der Waals surface area contributed by atoms with Crippen molar-refractivity contribution in [3.8, 4) is 0 Å². The summed E-state index contributed by atoms with van der Waals surface area (Å²) in [6.07, 6.45) is 3.62. The molecule has 0 saturated carbocycles. The molecule has 1 atom stereocenters. The molecular formula is C15H17N3S. The molecule has 2 aromatic rings. The Morgan fingerprint density at radius 3 is 2.79 bits per heavy atom. The molecular weight excluding hydrogens is 254 g/mol. The number of anilines is 1. The number of aromatic nitrogens is 1. The lowest BCUT2D eigenvalue weighted by atomic mass is 10.1. The molecule has 0 radical (unpaired) electrons. The average molecular weight is 271 g/mol. The van der Waals surface area contributed by atoms with Gasteiger partial charge in [0.1, 0.15) is 4.99 Å². The highest BCUT2D eigenvalue weighted by Gasteiger charge is 2.10. The Labute approximate surface area is 118 Å². The maximum atomic E-state index is 5.78. The summed E-state index contributed by atoms with van der Waals surface area (Å²) in [7, 11) is 0. The van der Waals surface area contributed by atoms with E-state index in [9.17, 15) is 0 Å². The summed E-state index contributed by atoms with van der Waals surface area (Å²) < 4.78 is 0. The zero-order valence-electron chi connectivity index (χ0n) is 11.1. The third-order valence-corrected chi connectivity index (χ3v) is 3.22. The first-order valence-corrected chi connectivity index (χ1v) is 6.55. The number of nitrogens with zero attached hydrogens (tertiary/aromatic N) is 1. The van der Waals surface area contributed by atoms with Crippen LogP contribution in [0.5, 0.6) is 0 Å². The Morgan fingerprint density at radius 2 is 2.16 bits per heavy atom. The topological polar surface area (TPSA) is 50.9 Å². The van der Waals surface area contributed by atoms with Crippen molar-refractivity contribution in [1.82, 2.24) is 4.98 Å². The molecule has 0 bridgehead atoms. The number of hydrogen-bond donors (Lipinski definition) is 2. The number of aryl methyl sites for hydroxylation is 1. The predicted octanol–water partition coefficient (Wildman–Crippen LogP) is 3.20. The fraction of sp³-hybridized carbons (Fsp3) is 0.200. The van der Waals surface area contributed by atoms with E-state index >= 15 is 0 Å². The summed E-state index contributed by atoms with van der Waals surface area (Å²) in [5.41, 5.74) is 9.87. The Hall–Kier alpha value is -1.94. The zero-order chi connectivity index (χ0) is 13.8. The molecule has 1 unspecified atom stereocenters. The van der Waals surface area contributed by atoms with Crippen LogP contribution in [0.2, 0.25) is 0 Å². The van der Waals surface area contributed by atoms with Crippen molar-refractivity contribution in [3.63, 3.8) is 0 Å². The van der Waals surface area contributed by atoms with Gasteiger partial charge in [0.25, 0.3) is 0 Å². The summed E-state index contributed by atoms with van der Waals surface area (Å²) in [6.45, 7) is 4.11. The van der Waals surface area contributed by atoms with E-state index in [0.29, 0.717) is 4.99 Å². The van der Waals surface area contributed by atoms with Crippen LogP contribution in [0, 0.1) is 6.92 Å². The molecule has 0 fully saturated rings. The minimum absolute atomic E-state index is 0.143. The molecule has 0 aliphatic carbocycles. The van der Waals surface area contributed by atoms with E-state index in [1.165, 1.54) is 0 Å². The predicted molar refractivity (Wildman–Crippen MR) is 83.3 cm³/mol. The second-order valence-electron chi connectivity index (χ2n) is 4.57. The lowest BCUT2D eigenvalue weighted by Crippen LogP contribution is -2.15. The molecule has 1 aromatic carbocycles. The fourth-order valence-electron chi connectivity index (χ4n) is 1.94. The van der Waals surface area contributed by atoms with Crippen LogP contribution >= 0.6 is 12.2 Å². The Bertz CT molecular complexity index is 581. The van der Waals surface area contributed by atoms with E-state index in [1.54, 1.807) is 6.20 Å². The summed E-state index contributed by atoms with van der Waals surface area (Å²) in [5, 5.41) is 3.43. The standard InChI is InChI=1S/C15H17N3S/c1-10-5-6-14(13(8-10)15(16)19)18-11(2)12-4-3-7-17-9-12/h3-9,11,18H,1-2H3,(H2,16,19). The van der Waals surface area contributed by atoms with Crippen LogP contribution in [0.1, 0.15) is 29.7 Å². The van der Waals surface area contributed by atoms with Crippen molar-refractivity contribution in [3.05, 3.63) is 59.4 Å². The lowest BCUT2D eigenvalue weighted by Gasteiger charge is -2.18. The normalized spacial score (nSPS) is 11.9. The first-order chi connectivity index (χ1) is 9.08. The van der Waals surface area contributed by atoms with Gasteiger partial charge in [-0.1, -0.05) is 29.9 Å². The quantitative estimate of drug-likeness (QED) is 0.838. The second kappa shape index (κ2) is 5.80. The van der Waals surface area contributed by atoms with E-state index in [-0.39, 0.29) is 6.04 Å². The minimum Gasteiger partial charge on any atom is -0.389 e. The molecule has 0 spiro atoms. The molecule has 1 heterocycles. The molecule has 0 aliphatic rings. The molecule has 3 nitrogen and oxygen atoms in total. The molecule has 98 valence electrons. The SMILES string of the molecule is Cc1ccc(NC(C)c2cccnc2)c(C(N)=S)c1. The third-order valence-electron chi connectivity index (χ3n) is 3.00. The Balaban J connectivity index is 2.26.